The van der Waals surface area contributed by atoms with Gasteiger partial charge in [-0.05, 0) is 40.8 Å². The molecule has 19 heavy (non-hydrogen) atoms. The third-order valence-corrected chi connectivity index (χ3v) is 3.81. The van der Waals surface area contributed by atoms with Crippen molar-refractivity contribution in [3.8, 4) is 0 Å². The highest BCUT2D eigenvalue weighted by molar-refractivity contribution is 5.91. The average molecular weight is 271 g/mol. The topological polar surface area (TPSA) is 61.4 Å². The number of carbonyl (C=O) groups excluding carboxylic acids is 2. The Morgan fingerprint density at radius 1 is 1.21 bits per heavy atom. The fourth-order valence-corrected chi connectivity index (χ4v) is 1.51. The number of nitrogens with one attached hydrogen (secondary N) is 2. The number of hydrogen-bond acceptors (Lipinski definition) is 3. The van der Waals surface area contributed by atoms with E-state index in [2.05, 4.69) is 10.6 Å². The molecule has 0 aliphatic heterocycles. The molecule has 0 aromatic carbocycles. The smallest absolute Gasteiger partial charge is 0.242 e. The SMILES string of the molecule is CCNC(=O)[C@@H](NC(=O)C(C)(C)N(C)C)[C@@H](C)CC. The van der Waals surface area contributed by atoms with Crippen molar-refractivity contribution in [2.45, 2.75) is 52.6 Å². The average Bonchev–Trinajstić information content (AvgIpc) is 2.34. The van der Waals surface area contributed by atoms with Crippen molar-refractivity contribution in [1.82, 2.24) is 15.5 Å². The van der Waals surface area contributed by atoms with E-state index in [0.717, 1.165) is 6.42 Å². The minimum atomic E-state index is -0.641. The van der Waals surface area contributed by atoms with Crippen molar-refractivity contribution in [3.05, 3.63) is 0 Å². The summed E-state index contributed by atoms with van der Waals surface area (Å²) in [7, 11) is 3.70. The van der Waals surface area contributed by atoms with Gasteiger partial charge >= 0.3 is 0 Å². The van der Waals surface area contributed by atoms with E-state index in [1.165, 1.54) is 0 Å². The maximum atomic E-state index is 12.3. The summed E-state index contributed by atoms with van der Waals surface area (Å²) in [6.45, 7) is 10.1. The highest BCUT2D eigenvalue weighted by atomic mass is 16.2. The van der Waals surface area contributed by atoms with Gasteiger partial charge in [0.25, 0.3) is 0 Å². The summed E-state index contributed by atoms with van der Waals surface area (Å²) in [6.07, 6.45) is 0.838. The molecule has 112 valence electrons. The van der Waals surface area contributed by atoms with Gasteiger partial charge in [0.1, 0.15) is 6.04 Å². The van der Waals surface area contributed by atoms with E-state index in [0.29, 0.717) is 6.54 Å². The first-order valence-electron chi connectivity index (χ1n) is 6.94. The first-order chi connectivity index (χ1) is 8.68. The summed E-state index contributed by atoms with van der Waals surface area (Å²) in [5.74, 6) is -0.137. The monoisotopic (exact) mass is 271 g/mol. The van der Waals surface area contributed by atoms with Crippen molar-refractivity contribution in [3.63, 3.8) is 0 Å². The van der Waals surface area contributed by atoms with E-state index in [1.54, 1.807) is 0 Å². The predicted octanol–water partition coefficient (Wildman–Crippen LogP) is 0.994. The molecular formula is C14H29N3O2. The van der Waals surface area contributed by atoms with E-state index < -0.39 is 11.6 Å². The Balaban J connectivity index is 4.93. The van der Waals surface area contributed by atoms with E-state index >= 15 is 0 Å². The van der Waals surface area contributed by atoms with Crippen LogP contribution in [-0.2, 0) is 9.59 Å². The molecule has 0 heterocycles. The second kappa shape index (κ2) is 7.48. The minimum absolute atomic E-state index is 0.105. The third-order valence-electron chi connectivity index (χ3n) is 3.81. The second-order valence-corrected chi connectivity index (χ2v) is 5.68. The Hall–Kier alpha value is -1.10. The zero-order valence-electron chi connectivity index (χ0n) is 13.3. The zero-order chi connectivity index (χ0) is 15.2. The summed E-state index contributed by atoms with van der Waals surface area (Å²) in [5, 5.41) is 5.66. The standard InChI is InChI=1S/C14H29N3O2/c1-8-10(3)11(12(18)15-9-2)16-13(19)14(4,5)17(6)7/h10-11H,8-9H2,1-7H3,(H,15,18)(H,16,19)/t10-,11-/m0/s1. The summed E-state index contributed by atoms with van der Waals surface area (Å²) in [6, 6.07) is -0.475. The summed E-state index contributed by atoms with van der Waals surface area (Å²) < 4.78 is 0. The molecule has 0 aliphatic rings. The molecule has 2 atom stereocenters. The molecule has 0 saturated heterocycles. The molecule has 0 spiro atoms. The maximum absolute atomic E-state index is 12.3. The molecule has 0 unspecified atom stereocenters. The van der Waals surface area contributed by atoms with Gasteiger partial charge in [0.2, 0.25) is 11.8 Å². The number of nitrogens with zero attached hydrogens (tertiary/aromatic N) is 1. The fourth-order valence-electron chi connectivity index (χ4n) is 1.51. The highest BCUT2D eigenvalue weighted by Gasteiger charge is 2.34. The quantitative estimate of drug-likeness (QED) is 0.726. The van der Waals surface area contributed by atoms with Crippen LogP contribution in [0.2, 0.25) is 0 Å². The zero-order valence-corrected chi connectivity index (χ0v) is 13.3. The molecule has 0 radical (unpaired) electrons. The lowest BCUT2D eigenvalue weighted by Crippen LogP contribution is -2.58. The van der Waals surface area contributed by atoms with Gasteiger partial charge in [-0.25, -0.2) is 0 Å². The molecule has 5 nitrogen and oxygen atoms in total. The molecule has 0 fully saturated rings. The van der Waals surface area contributed by atoms with Crippen molar-refractivity contribution >= 4 is 11.8 Å². The number of hydrogen-bond donors (Lipinski definition) is 2. The summed E-state index contributed by atoms with van der Waals surface area (Å²) in [5.41, 5.74) is -0.641. The van der Waals surface area contributed by atoms with Gasteiger partial charge < -0.3 is 10.6 Å². The molecule has 2 amide bonds. The lowest BCUT2D eigenvalue weighted by atomic mass is 9.95. The molecule has 0 saturated carbocycles. The van der Waals surface area contributed by atoms with Crippen LogP contribution in [-0.4, -0.2) is 48.9 Å². The Labute approximate surface area is 117 Å². The Morgan fingerprint density at radius 2 is 1.74 bits per heavy atom. The van der Waals surface area contributed by atoms with E-state index in [4.69, 9.17) is 0 Å². The number of likely N-dealkylation sites (N-methyl/N-ethyl adjacent to an activating group) is 2. The summed E-state index contributed by atoms with van der Waals surface area (Å²) in [4.78, 5) is 26.2. The highest BCUT2D eigenvalue weighted by Crippen LogP contribution is 2.13. The third kappa shape index (κ3) is 4.82. The van der Waals surface area contributed by atoms with Gasteiger partial charge in [-0.3, -0.25) is 14.5 Å². The maximum Gasteiger partial charge on any atom is 0.242 e. The van der Waals surface area contributed by atoms with Crippen LogP contribution in [0.5, 0.6) is 0 Å². The molecule has 0 aromatic heterocycles. The Bertz CT molecular complexity index is 314. The summed E-state index contributed by atoms with van der Waals surface area (Å²) >= 11 is 0. The Kier molecular flexibility index (Phi) is 7.05. The van der Waals surface area contributed by atoms with Gasteiger partial charge in [0.15, 0.2) is 0 Å². The van der Waals surface area contributed by atoms with Crippen LogP contribution >= 0.6 is 0 Å². The molecule has 2 N–H and O–H groups in total. The lowest BCUT2D eigenvalue weighted by molar-refractivity contribution is -0.135. The van der Waals surface area contributed by atoms with Gasteiger partial charge in [-0.1, -0.05) is 20.3 Å². The minimum Gasteiger partial charge on any atom is -0.355 e. The molecule has 0 rings (SSSR count). The second-order valence-electron chi connectivity index (χ2n) is 5.68. The molecule has 5 heteroatoms. The van der Waals surface area contributed by atoms with Crippen LogP contribution in [0.4, 0.5) is 0 Å². The number of rotatable bonds is 7. The molecule has 0 bridgehead atoms. The molecule has 0 aromatic rings. The number of carbonyl (C=O) groups is 2. The first-order valence-corrected chi connectivity index (χ1v) is 6.94. The van der Waals surface area contributed by atoms with Crippen molar-refractivity contribution in [2.75, 3.05) is 20.6 Å². The van der Waals surface area contributed by atoms with Crippen LogP contribution in [0.25, 0.3) is 0 Å². The molecular weight excluding hydrogens is 242 g/mol. The van der Waals surface area contributed by atoms with Crippen LogP contribution in [0.1, 0.15) is 41.0 Å². The van der Waals surface area contributed by atoms with E-state index in [9.17, 15) is 9.59 Å². The Morgan fingerprint density at radius 3 is 2.11 bits per heavy atom. The van der Waals surface area contributed by atoms with Crippen LogP contribution < -0.4 is 10.6 Å². The first kappa shape index (κ1) is 17.9. The van der Waals surface area contributed by atoms with Gasteiger partial charge in [0.05, 0.1) is 5.54 Å². The number of amides is 2. The molecule has 0 aliphatic carbocycles. The van der Waals surface area contributed by atoms with Crippen molar-refractivity contribution in [1.29, 1.82) is 0 Å². The van der Waals surface area contributed by atoms with Crippen LogP contribution in [0.3, 0.4) is 0 Å². The van der Waals surface area contributed by atoms with Gasteiger partial charge in [-0.2, -0.15) is 0 Å². The van der Waals surface area contributed by atoms with E-state index in [1.807, 2.05) is 53.6 Å². The van der Waals surface area contributed by atoms with Gasteiger partial charge in [-0.15, -0.1) is 0 Å². The lowest BCUT2D eigenvalue weighted by Gasteiger charge is -2.33. The van der Waals surface area contributed by atoms with Crippen molar-refractivity contribution < 1.29 is 9.59 Å². The van der Waals surface area contributed by atoms with Crippen LogP contribution in [0, 0.1) is 5.92 Å². The normalized spacial score (nSPS) is 14.9. The predicted molar refractivity (Wildman–Crippen MR) is 77.8 cm³/mol. The van der Waals surface area contributed by atoms with E-state index in [-0.39, 0.29) is 17.7 Å². The van der Waals surface area contributed by atoms with Crippen molar-refractivity contribution in [2.24, 2.45) is 5.92 Å². The fraction of sp³-hybridized carbons (Fsp3) is 0.857. The van der Waals surface area contributed by atoms with Gasteiger partial charge in [0, 0.05) is 6.54 Å². The largest absolute Gasteiger partial charge is 0.355 e. The van der Waals surface area contributed by atoms with Crippen LogP contribution in [0.15, 0.2) is 0 Å².